The van der Waals surface area contributed by atoms with E-state index in [-0.39, 0.29) is 17.7 Å². The van der Waals surface area contributed by atoms with Crippen LogP contribution in [0.3, 0.4) is 0 Å². The number of carbonyl (C=O) groups excluding carboxylic acids is 1. The molecule has 1 fully saturated rings. The smallest absolute Gasteiger partial charge is 0.230 e. The van der Waals surface area contributed by atoms with Crippen LogP contribution in [0.1, 0.15) is 19.8 Å². The van der Waals surface area contributed by atoms with Crippen molar-refractivity contribution in [1.29, 1.82) is 0 Å². The minimum absolute atomic E-state index is 0.0269. The van der Waals surface area contributed by atoms with Gasteiger partial charge in [0.05, 0.1) is 25.5 Å². The first kappa shape index (κ1) is 18.4. The lowest BCUT2D eigenvalue weighted by Gasteiger charge is -2.12. The van der Waals surface area contributed by atoms with Crippen molar-refractivity contribution in [2.24, 2.45) is 5.92 Å². The molecule has 1 amide bonds. The molecule has 1 aliphatic rings. The average Bonchev–Trinajstić information content (AvgIpc) is 3.43. The van der Waals surface area contributed by atoms with Crippen LogP contribution < -0.4 is 20.6 Å². The third-order valence-corrected chi connectivity index (χ3v) is 5.31. The van der Waals surface area contributed by atoms with Gasteiger partial charge >= 0.3 is 0 Å². The molecule has 3 rings (SSSR count). The molecular weight excluding hydrogens is 354 g/mol. The number of hydrogen-bond acceptors (Lipinski definition) is 7. The fraction of sp³-hybridized carbons (Fsp3) is 0.471. The molecule has 0 aliphatic heterocycles. The third-order valence-electron chi connectivity index (χ3n) is 4.36. The van der Waals surface area contributed by atoms with E-state index in [0.717, 1.165) is 0 Å². The third kappa shape index (κ3) is 4.04. The fourth-order valence-electron chi connectivity index (χ4n) is 2.68. The Bertz CT molecular complexity index is 791. The zero-order valence-electron chi connectivity index (χ0n) is 15.1. The van der Waals surface area contributed by atoms with Gasteiger partial charge in [0.2, 0.25) is 11.1 Å². The maximum Gasteiger partial charge on any atom is 0.230 e. The Balaban J connectivity index is 1.68. The van der Waals surface area contributed by atoms with Crippen molar-refractivity contribution in [2.45, 2.75) is 31.0 Å². The topological polar surface area (TPSA) is 104 Å². The summed E-state index contributed by atoms with van der Waals surface area (Å²) in [6.45, 7) is 2.04. The van der Waals surface area contributed by atoms with E-state index in [1.54, 1.807) is 26.4 Å². The number of benzene rings is 1. The Kier molecular flexibility index (Phi) is 5.55. The molecule has 0 unspecified atom stereocenters. The summed E-state index contributed by atoms with van der Waals surface area (Å²) >= 11 is 1.25. The summed E-state index contributed by atoms with van der Waals surface area (Å²) in [6, 6.07) is 5.58. The Morgan fingerprint density at radius 3 is 2.81 bits per heavy atom. The molecule has 9 heteroatoms. The Labute approximate surface area is 156 Å². The van der Waals surface area contributed by atoms with Crippen molar-refractivity contribution < 1.29 is 14.3 Å². The zero-order chi connectivity index (χ0) is 18.7. The number of rotatable bonds is 8. The van der Waals surface area contributed by atoms with Crippen LogP contribution in [-0.2, 0) is 4.79 Å². The second-order valence-corrected chi connectivity index (χ2v) is 7.17. The summed E-state index contributed by atoms with van der Waals surface area (Å²) < 4.78 is 12.0. The van der Waals surface area contributed by atoms with Gasteiger partial charge in [-0.1, -0.05) is 11.8 Å². The number of methoxy groups -OCH3 is 2. The standard InChI is InChI=1S/C17H23N5O3S/c1-10(11-4-5-11)19-15(23)9-26-17-21-20-16(22(17)18)13-7-6-12(24-2)8-14(13)25-3/h6-8,10-11H,4-5,9,18H2,1-3H3,(H,19,23)/t10-/m0/s1. The van der Waals surface area contributed by atoms with Gasteiger partial charge in [-0.05, 0) is 37.8 Å². The second-order valence-electron chi connectivity index (χ2n) is 6.22. The Morgan fingerprint density at radius 2 is 2.15 bits per heavy atom. The van der Waals surface area contributed by atoms with Gasteiger partial charge in [-0.25, -0.2) is 4.68 Å². The highest BCUT2D eigenvalue weighted by Crippen LogP contribution is 2.33. The van der Waals surface area contributed by atoms with Crippen molar-refractivity contribution >= 4 is 17.7 Å². The minimum atomic E-state index is -0.0269. The number of ether oxygens (including phenoxy) is 2. The first-order valence-electron chi connectivity index (χ1n) is 8.38. The van der Waals surface area contributed by atoms with Gasteiger partial charge in [-0.2, -0.15) is 0 Å². The van der Waals surface area contributed by atoms with Gasteiger partial charge in [0.1, 0.15) is 11.5 Å². The van der Waals surface area contributed by atoms with Crippen LogP contribution in [0.4, 0.5) is 0 Å². The highest BCUT2D eigenvalue weighted by atomic mass is 32.2. The van der Waals surface area contributed by atoms with Crippen LogP contribution in [0.2, 0.25) is 0 Å². The molecule has 1 saturated carbocycles. The van der Waals surface area contributed by atoms with Gasteiger partial charge in [0.25, 0.3) is 0 Å². The second kappa shape index (κ2) is 7.86. The number of nitrogen functional groups attached to an aromatic ring is 1. The van der Waals surface area contributed by atoms with Crippen molar-refractivity contribution in [3.05, 3.63) is 18.2 Å². The average molecular weight is 377 g/mol. The number of nitrogens with zero attached hydrogens (tertiary/aromatic N) is 3. The van der Waals surface area contributed by atoms with Gasteiger partial charge in [-0.15, -0.1) is 10.2 Å². The van der Waals surface area contributed by atoms with Crippen LogP contribution in [-0.4, -0.2) is 46.8 Å². The summed E-state index contributed by atoms with van der Waals surface area (Å²) in [7, 11) is 3.15. The van der Waals surface area contributed by atoms with Crippen LogP contribution in [0.25, 0.3) is 11.4 Å². The highest BCUT2D eigenvalue weighted by Gasteiger charge is 2.29. The molecule has 0 spiro atoms. The lowest BCUT2D eigenvalue weighted by molar-refractivity contribution is -0.119. The first-order chi connectivity index (χ1) is 12.5. The quantitative estimate of drug-likeness (QED) is 0.533. The van der Waals surface area contributed by atoms with E-state index in [9.17, 15) is 4.79 Å². The lowest BCUT2D eigenvalue weighted by Crippen LogP contribution is -2.35. The maximum absolute atomic E-state index is 12.1. The summed E-state index contributed by atoms with van der Waals surface area (Å²) in [4.78, 5) is 12.1. The van der Waals surface area contributed by atoms with Gasteiger partial charge < -0.3 is 20.6 Å². The van der Waals surface area contributed by atoms with Crippen molar-refractivity contribution in [1.82, 2.24) is 20.2 Å². The van der Waals surface area contributed by atoms with Gasteiger partial charge in [0.15, 0.2) is 5.82 Å². The molecule has 140 valence electrons. The summed E-state index contributed by atoms with van der Waals surface area (Å²) in [6.07, 6.45) is 2.39. The number of aromatic nitrogens is 3. The van der Waals surface area contributed by atoms with Crippen LogP contribution >= 0.6 is 11.8 Å². The molecule has 1 atom stereocenters. The van der Waals surface area contributed by atoms with Crippen molar-refractivity contribution in [3.8, 4) is 22.9 Å². The molecule has 1 aliphatic carbocycles. The van der Waals surface area contributed by atoms with E-state index in [1.807, 2.05) is 13.0 Å². The van der Waals surface area contributed by atoms with Gasteiger partial charge in [0, 0.05) is 12.1 Å². The number of nitrogens with two attached hydrogens (primary N) is 1. The molecule has 1 aromatic carbocycles. The summed E-state index contributed by atoms with van der Waals surface area (Å²) in [5.74, 6) is 8.67. The number of hydrogen-bond donors (Lipinski definition) is 2. The molecule has 1 heterocycles. The predicted octanol–water partition coefficient (Wildman–Crippen LogP) is 1.68. The number of carbonyl (C=O) groups is 1. The van der Waals surface area contributed by atoms with Crippen LogP contribution in [0, 0.1) is 5.92 Å². The summed E-state index contributed by atoms with van der Waals surface area (Å²) in [5.41, 5.74) is 0.696. The SMILES string of the molecule is COc1ccc(-c2nnc(SCC(=O)N[C@@H](C)C3CC3)n2N)c(OC)c1. The van der Waals surface area contributed by atoms with E-state index in [2.05, 4.69) is 15.5 Å². The van der Waals surface area contributed by atoms with Crippen molar-refractivity contribution in [3.63, 3.8) is 0 Å². The predicted molar refractivity (Wildman–Crippen MR) is 99.8 cm³/mol. The number of amides is 1. The fourth-order valence-corrected chi connectivity index (χ4v) is 3.35. The van der Waals surface area contributed by atoms with E-state index in [0.29, 0.717) is 34.0 Å². The molecule has 0 bridgehead atoms. The highest BCUT2D eigenvalue weighted by molar-refractivity contribution is 7.99. The van der Waals surface area contributed by atoms with Gasteiger partial charge in [-0.3, -0.25) is 4.79 Å². The molecule has 0 radical (unpaired) electrons. The molecule has 8 nitrogen and oxygen atoms in total. The van der Waals surface area contributed by atoms with E-state index >= 15 is 0 Å². The van der Waals surface area contributed by atoms with Crippen LogP contribution in [0.5, 0.6) is 11.5 Å². The molecule has 1 aromatic heterocycles. The largest absolute Gasteiger partial charge is 0.497 e. The summed E-state index contributed by atoms with van der Waals surface area (Å²) in [5, 5.41) is 11.7. The monoisotopic (exact) mass is 377 g/mol. The van der Waals surface area contributed by atoms with Crippen molar-refractivity contribution in [2.75, 3.05) is 25.8 Å². The van der Waals surface area contributed by atoms with E-state index < -0.39 is 0 Å². The Hall–Kier alpha value is -2.42. The lowest BCUT2D eigenvalue weighted by atomic mass is 10.2. The molecule has 3 N–H and O–H groups in total. The van der Waals surface area contributed by atoms with Crippen LogP contribution in [0.15, 0.2) is 23.4 Å². The van der Waals surface area contributed by atoms with E-state index in [1.165, 1.54) is 29.3 Å². The molecule has 26 heavy (non-hydrogen) atoms. The number of thioether (sulfide) groups is 1. The molecule has 2 aromatic rings. The zero-order valence-corrected chi connectivity index (χ0v) is 15.9. The molecule has 0 saturated heterocycles. The van der Waals surface area contributed by atoms with E-state index in [4.69, 9.17) is 15.3 Å². The normalized spacial score (nSPS) is 14.7. The maximum atomic E-state index is 12.1. The molecular formula is C17H23N5O3S. The Morgan fingerprint density at radius 1 is 1.38 bits per heavy atom. The minimum Gasteiger partial charge on any atom is -0.497 e. The first-order valence-corrected chi connectivity index (χ1v) is 9.37. The number of nitrogens with one attached hydrogen (secondary N) is 1.